The van der Waals surface area contributed by atoms with E-state index in [2.05, 4.69) is 6.07 Å². The Hall–Kier alpha value is -1.16. The van der Waals surface area contributed by atoms with Gasteiger partial charge in [-0.05, 0) is 37.5 Å². The van der Waals surface area contributed by atoms with Crippen LogP contribution in [0.15, 0.2) is 11.0 Å². The minimum absolute atomic E-state index is 0.0553. The van der Waals surface area contributed by atoms with Gasteiger partial charge < -0.3 is 9.84 Å². The monoisotopic (exact) mass is 240 g/mol. The summed E-state index contributed by atoms with van der Waals surface area (Å²) in [5.41, 5.74) is 3.29. The van der Waals surface area contributed by atoms with Crippen LogP contribution in [-0.4, -0.2) is 23.9 Å². The van der Waals surface area contributed by atoms with Crippen molar-refractivity contribution in [1.29, 1.82) is 0 Å². The van der Waals surface area contributed by atoms with Gasteiger partial charge in [0.2, 0.25) is 0 Å². The van der Waals surface area contributed by atoms with E-state index in [-0.39, 0.29) is 5.75 Å². The van der Waals surface area contributed by atoms with Gasteiger partial charge >= 0.3 is 5.97 Å². The number of carboxylic acids is 1. The van der Waals surface area contributed by atoms with Crippen molar-refractivity contribution in [2.24, 2.45) is 0 Å². The minimum atomic E-state index is -0.815. The number of carbonyl (C=O) groups is 1. The fraction of sp³-hybridized carbons (Fsp3) is 0.417. The molecule has 0 heterocycles. The van der Waals surface area contributed by atoms with E-state index in [1.54, 1.807) is 7.11 Å². The molecule has 0 radical (unpaired) electrons. The van der Waals surface area contributed by atoms with E-state index in [1.165, 1.54) is 11.8 Å². The molecule has 0 aliphatic carbocycles. The summed E-state index contributed by atoms with van der Waals surface area (Å²) in [6.45, 7) is 5.98. The predicted octanol–water partition coefficient (Wildman–Crippen LogP) is 2.80. The Kier molecular flexibility index (Phi) is 4.24. The number of rotatable bonds is 4. The van der Waals surface area contributed by atoms with Crippen molar-refractivity contribution in [3.8, 4) is 5.75 Å². The van der Waals surface area contributed by atoms with Crippen molar-refractivity contribution < 1.29 is 14.6 Å². The molecule has 0 aromatic heterocycles. The Morgan fingerprint density at radius 1 is 1.38 bits per heavy atom. The van der Waals surface area contributed by atoms with Crippen LogP contribution < -0.4 is 4.74 Å². The lowest BCUT2D eigenvalue weighted by atomic mass is 10.1. The number of hydrogen-bond donors (Lipinski definition) is 1. The second kappa shape index (κ2) is 5.25. The number of benzene rings is 1. The first-order chi connectivity index (χ1) is 7.47. The van der Waals surface area contributed by atoms with Crippen LogP contribution in [0.3, 0.4) is 0 Å². The highest BCUT2D eigenvalue weighted by molar-refractivity contribution is 8.00. The summed E-state index contributed by atoms with van der Waals surface area (Å²) >= 11 is 1.30. The highest BCUT2D eigenvalue weighted by Gasteiger charge is 2.13. The summed E-state index contributed by atoms with van der Waals surface area (Å²) in [5, 5.41) is 8.69. The van der Waals surface area contributed by atoms with Crippen molar-refractivity contribution >= 4 is 17.7 Å². The molecular weight excluding hydrogens is 224 g/mol. The van der Waals surface area contributed by atoms with Crippen LogP contribution in [0.25, 0.3) is 0 Å². The summed E-state index contributed by atoms with van der Waals surface area (Å²) in [5.74, 6) is 0.0353. The lowest BCUT2D eigenvalue weighted by Gasteiger charge is -2.15. The summed E-state index contributed by atoms with van der Waals surface area (Å²) < 4.78 is 5.36. The Balaban J connectivity index is 3.15. The summed E-state index contributed by atoms with van der Waals surface area (Å²) in [6, 6.07) is 2.06. The number of hydrogen-bond acceptors (Lipinski definition) is 3. The average Bonchev–Trinajstić information content (AvgIpc) is 2.21. The second-order valence-electron chi connectivity index (χ2n) is 3.68. The lowest BCUT2D eigenvalue weighted by molar-refractivity contribution is -0.133. The largest absolute Gasteiger partial charge is 0.495 e. The third-order valence-corrected chi connectivity index (χ3v) is 3.66. The van der Waals surface area contributed by atoms with E-state index >= 15 is 0 Å². The van der Waals surface area contributed by atoms with Gasteiger partial charge in [0.1, 0.15) is 5.75 Å². The normalized spacial score (nSPS) is 10.2. The van der Waals surface area contributed by atoms with Crippen LogP contribution in [0.5, 0.6) is 5.75 Å². The Bertz CT molecular complexity index is 413. The summed E-state index contributed by atoms with van der Waals surface area (Å²) in [7, 11) is 1.62. The Morgan fingerprint density at radius 3 is 2.50 bits per heavy atom. The number of aryl methyl sites for hydroxylation is 2. The third-order valence-electron chi connectivity index (χ3n) is 2.47. The van der Waals surface area contributed by atoms with Gasteiger partial charge in [0.15, 0.2) is 0 Å². The van der Waals surface area contributed by atoms with Gasteiger partial charge in [0, 0.05) is 0 Å². The SMILES string of the molecule is COc1c(C)c(C)cc(C)c1SCC(=O)O. The molecule has 1 N–H and O–H groups in total. The molecule has 16 heavy (non-hydrogen) atoms. The zero-order valence-electron chi connectivity index (χ0n) is 9.96. The molecule has 1 aromatic carbocycles. The van der Waals surface area contributed by atoms with Crippen molar-refractivity contribution in [2.75, 3.05) is 12.9 Å². The van der Waals surface area contributed by atoms with Crippen molar-refractivity contribution in [3.63, 3.8) is 0 Å². The zero-order valence-corrected chi connectivity index (χ0v) is 10.8. The summed E-state index contributed by atoms with van der Waals surface area (Å²) in [4.78, 5) is 11.5. The highest BCUT2D eigenvalue weighted by Crippen LogP contribution is 2.36. The molecular formula is C12H16O3S. The number of thioether (sulfide) groups is 1. The van der Waals surface area contributed by atoms with E-state index in [1.807, 2.05) is 20.8 Å². The highest BCUT2D eigenvalue weighted by atomic mass is 32.2. The number of ether oxygens (including phenoxy) is 1. The van der Waals surface area contributed by atoms with E-state index < -0.39 is 5.97 Å². The van der Waals surface area contributed by atoms with Gasteiger partial charge in [0.05, 0.1) is 17.8 Å². The van der Waals surface area contributed by atoms with Gasteiger partial charge in [-0.1, -0.05) is 6.07 Å². The number of methoxy groups -OCH3 is 1. The molecule has 0 amide bonds. The molecule has 0 saturated carbocycles. The van der Waals surface area contributed by atoms with Crippen LogP contribution in [0.1, 0.15) is 16.7 Å². The van der Waals surface area contributed by atoms with Gasteiger partial charge in [-0.25, -0.2) is 0 Å². The standard InChI is InChI=1S/C12H16O3S/c1-7-5-8(2)12(16-6-10(13)14)11(15-4)9(7)3/h5H,6H2,1-4H3,(H,13,14). The fourth-order valence-corrected chi connectivity index (χ4v) is 2.51. The molecule has 1 rings (SSSR count). The lowest BCUT2D eigenvalue weighted by Crippen LogP contribution is -2.01. The predicted molar refractivity (Wildman–Crippen MR) is 65.6 cm³/mol. The first-order valence-corrected chi connectivity index (χ1v) is 5.95. The Labute approximate surface area is 99.8 Å². The number of aliphatic carboxylic acids is 1. The van der Waals surface area contributed by atoms with E-state index in [0.717, 1.165) is 27.3 Å². The van der Waals surface area contributed by atoms with Gasteiger partial charge in [0.25, 0.3) is 0 Å². The van der Waals surface area contributed by atoms with Crippen molar-refractivity contribution in [1.82, 2.24) is 0 Å². The summed E-state index contributed by atoms with van der Waals surface area (Å²) in [6.07, 6.45) is 0. The molecule has 0 aliphatic rings. The van der Waals surface area contributed by atoms with E-state index in [9.17, 15) is 4.79 Å². The molecule has 88 valence electrons. The molecule has 0 spiro atoms. The van der Waals surface area contributed by atoms with Crippen LogP contribution in [0.2, 0.25) is 0 Å². The molecule has 0 bridgehead atoms. The van der Waals surface area contributed by atoms with E-state index in [0.29, 0.717) is 0 Å². The molecule has 0 atom stereocenters. The van der Waals surface area contributed by atoms with Crippen LogP contribution in [0.4, 0.5) is 0 Å². The minimum Gasteiger partial charge on any atom is -0.495 e. The number of carboxylic acid groups (broad SMARTS) is 1. The molecule has 0 aliphatic heterocycles. The molecule has 0 saturated heterocycles. The van der Waals surface area contributed by atoms with Crippen LogP contribution >= 0.6 is 11.8 Å². The van der Waals surface area contributed by atoms with Crippen molar-refractivity contribution in [3.05, 3.63) is 22.8 Å². The third kappa shape index (κ3) is 2.70. The average molecular weight is 240 g/mol. The first kappa shape index (κ1) is 12.9. The topological polar surface area (TPSA) is 46.5 Å². The zero-order chi connectivity index (χ0) is 12.3. The maximum atomic E-state index is 10.6. The quantitative estimate of drug-likeness (QED) is 0.822. The van der Waals surface area contributed by atoms with Gasteiger partial charge in [-0.15, -0.1) is 11.8 Å². The van der Waals surface area contributed by atoms with Gasteiger partial charge in [-0.3, -0.25) is 4.79 Å². The Morgan fingerprint density at radius 2 is 2.00 bits per heavy atom. The fourth-order valence-electron chi connectivity index (χ4n) is 1.59. The molecule has 4 heteroatoms. The first-order valence-electron chi connectivity index (χ1n) is 4.96. The molecule has 3 nitrogen and oxygen atoms in total. The molecule has 0 fully saturated rings. The molecule has 1 aromatic rings. The maximum absolute atomic E-state index is 10.6. The van der Waals surface area contributed by atoms with Crippen LogP contribution in [0, 0.1) is 20.8 Å². The second-order valence-corrected chi connectivity index (χ2v) is 4.67. The molecule has 0 unspecified atom stereocenters. The van der Waals surface area contributed by atoms with E-state index in [4.69, 9.17) is 9.84 Å². The smallest absolute Gasteiger partial charge is 0.313 e. The van der Waals surface area contributed by atoms with Gasteiger partial charge in [-0.2, -0.15) is 0 Å². The van der Waals surface area contributed by atoms with Crippen LogP contribution in [-0.2, 0) is 4.79 Å². The van der Waals surface area contributed by atoms with Crippen molar-refractivity contribution in [2.45, 2.75) is 25.7 Å². The maximum Gasteiger partial charge on any atom is 0.313 e.